The summed E-state index contributed by atoms with van der Waals surface area (Å²) in [6, 6.07) is 3.79. The summed E-state index contributed by atoms with van der Waals surface area (Å²) in [5, 5.41) is 9.38. The summed E-state index contributed by atoms with van der Waals surface area (Å²) in [5.74, 6) is 6.19. The second kappa shape index (κ2) is 23.4. The van der Waals surface area contributed by atoms with Gasteiger partial charge in [0.15, 0.2) is 11.5 Å². The molecular formula is C31H53N11O7. The number of imidazole rings is 1. The highest BCUT2D eigenvalue weighted by Crippen LogP contribution is 2.17. The lowest BCUT2D eigenvalue weighted by Gasteiger charge is -2.17. The van der Waals surface area contributed by atoms with Gasteiger partial charge in [0.1, 0.15) is 11.3 Å². The fourth-order valence-electron chi connectivity index (χ4n) is 4.45. The Morgan fingerprint density at radius 1 is 0.918 bits per heavy atom. The molecule has 3 rings (SSSR count). The molecule has 0 radical (unpaired) electrons. The number of ether oxygens (including phenoxy) is 4. The number of hydrogen-bond acceptors (Lipinski definition) is 15. The van der Waals surface area contributed by atoms with E-state index in [0.717, 1.165) is 37.3 Å². The first-order chi connectivity index (χ1) is 23.9. The van der Waals surface area contributed by atoms with Gasteiger partial charge in [-0.3, -0.25) is 9.36 Å². The summed E-state index contributed by atoms with van der Waals surface area (Å²) in [7, 11) is 1.99. The van der Waals surface area contributed by atoms with Crippen LogP contribution in [0.1, 0.15) is 31.7 Å². The molecule has 0 spiro atoms. The molecule has 3 aromatic heterocycles. The molecule has 0 aliphatic carbocycles. The normalized spacial score (nSPS) is 11.4. The number of unbranched alkanes of at least 4 members (excludes halogenated alkanes) is 1. The number of amides is 1. The number of anilines is 3. The summed E-state index contributed by atoms with van der Waals surface area (Å²) in [4.78, 5) is 47.3. The topological polar surface area (TPSA) is 231 Å². The second-order valence-corrected chi connectivity index (χ2v) is 11.1. The van der Waals surface area contributed by atoms with Crippen molar-refractivity contribution in [3.8, 4) is 0 Å². The maximum atomic E-state index is 12.7. The van der Waals surface area contributed by atoms with Gasteiger partial charge in [0.2, 0.25) is 11.9 Å². The largest absolute Gasteiger partial charge is 0.382 e. The number of pyridine rings is 1. The van der Waals surface area contributed by atoms with Crippen LogP contribution in [-0.4, -0.2) is 135 Å². The lowest BCUT2D eigenvalue weighted by Crippen LogP contribution is -2.35. The van der Waals surface area contributed by atoms with Crippen molar-refractivity contribution in [2.75, 3.05) is 116 Å². The van der Waals surface area contributed by atoms with Crippen LogP contribution in [0.25, 0.3) is 11.2 Å². The van der Waals surface area contributed by atoms with E-state index in [0.29, 0.717) is 103 Å². The smallest absolute Gasteiger partial charge is 0.328 e. The highest BCUT2D eigenvalue weighted by molar-refractivity contribution is 5.82. The quantitative estimate of drug-likeness (QED) is 0.0440. The van der Waals surface area contributed by atoms with E-state index in [2.05, 4.69) is 52.5 Å². The molecule has 274 valence electrons. The van der Waals surface area contributed by atoms with Gasteiger partial charge in [0, 0.05) is 45.3 Å². The van der Waals surface area contributed by atoms with Gasteiger partial charge in [0.25, 0.3) is 0 Å². The molecule has 49 heavy (non-hydrogen) atoms. The van der Waals surface area contributed by atoms with E-state index in [1.54, 1.807) is 6.20 Å². The summed E-state index contributed by atoms with van der Waals surface area (Å²) in [6.07, 6.45) is 4.03. The first kappa shape index (κ1) is 39.5. The Hall–Kier alpha value is -3.91. The fraction of sp³-hybridized carbons (Fsp3) is 0.645. The number of nitrogens with two attached hydrogens (primary N) is 2. The minimum atomic E-state index is -0.315. The number of H-pyrrole nitrogens is 1. The molecule has 0 unspecified atom stereocenters. The van der Waals surface area contributed by atoms with E-state index in [9.17, 15) is 9.59 Å². The van der Waals surface area contributed by atoms with Gasteiger partial charge in [-0.05, 0) is 25.1 Å². The summed E-state index contributed by atoms with van der Waals surface area (Å²) in [5.41, 5.74) is 7.47. The van der Waals surface area contributed by atoms with Crippen LogP contribution < -0.4 is 33.3 Å². The van der Waals surface area contributed by atoms with Crippen molar-refractivity contribution in [3.63, 3.8) is 0 Å². The number of aromatic nitrogens is 5. The van der Waals surface area contributed by atoms with Gasteiger partial charge < -0.3 is 55.4 Å². The summed E-state index contributed by atoms with van der Waals surface area (Å²) >= 11 is 0. The van der Waals surface area contributed by atoms with Crippen molar-refractivity contribution in [1.29, 1.82) is 0 Å². The van der Waals surface area contributed by atoms with Crippen LogP contribution in [0.4, 0.5) is 17.6 Å². The van der Waals surface area contributed by atoms with Crippen molar-refractivity contribution in [2.45, 2.75) is 32.7 Å². The number of aromatic amines is 1. The van der Waals surface area contributed by atoms with Crippen LogP contribution in [0, 0.1) is 0 Å². The maximum Gasteiger partial charge on any atom is 0.328 e. The minimum Gasteiger partial charge on any atom is -0.382 e. The third-order valence-electron chi connectivity index (χ3n) is 7.18. The molecule has 0 saturated heterocycles. The zero-order valence-electron chi connectivity index (χ0n) is 28.7. The molecule has 3 aromatic rings. The minimum absolute atomic E-state index is 0.0553. The first-order valence-electron chi connectivity index (χ1n) is 16.7. The molecule has 3 heterocycles. The van der Waals surface area contributed by atoms with Crippen LogP contribution in [-0.2, 0) is 35.1 Å². The molecule has 0 aromatic carbocycles. The van der Waals surface area contributed by atoms with E-state index in [1.807, 2.05) is 19.2 Å². The predicted molar refractivity (Wildman–Crippen MR) is 186 cm³/mol. The number of rotatable bonds is 28. The van der Waals surface area contributed by atoms with Crippen LogP contribution in [0.15, 0.2) is 23.1 Å². The van der Waals surface area contributed by atoms with Crippen LogP contribution >= 0.6 is 0 Å². The van der Waals surface area contributed by atoms with Crippen molar-refractivity contribution in [3.05, 3.63) is 34.4 Å². The Balaban J connectivity index is 1.23. The Morgan fingerprint density at radius 2 is 1.59 bits per heavy atom. The Labute approximate surface area is 286 Å². The predicted octanol–water partition coefficient (Wildman–Crippen LogP) is 0.164. The van der Waals surface area contributed by atoms with Crippen molar-refractivity contribution in [1.82, 2.24) is 34.7 Å². The monoisotopic (exact) mass is 691 g/mol. The van der Waals surface area contributed by atoms with Gasteiger partial charge in [-0.15, -0.1) is 0 Å². The number of likely N-dealkylation sites (N-methyl/N-ethyl adjacent to an activating group) is 1. The number of carbonyl (C=O) groups excluding carboxylic acids is 1. The zero-order chi connectivity index (χ0) is 35.1. The van der Waals surface area contributed by atoms with Gasteiger partial charge in [-0.2, -0.15) is 9.97 Å². The number of nitrogens with zero attached hydrogens (tertiary/aromatic N) is 5. The molecule has 0 aliphatic heterocycles. The lowest BCUT2D eigenvalue weighted by atomic mass is 10.3. The number of nitrogen functional groups attached to an aromatic ring is 1. The van der Waals surface area contributed by atoms with E-state index in [1.165, 1.54) is 4.57 Å². The molecule has 0 aliphatic rings. The highest BCUT2D eigenvalue weighted by atomic mass is 16.6. The highest BCUT2D eigenvalue weighted by Gasteiger charge is 2.14. The second-order valence-electron chi connectivity index (χ2n) is 11.1. The molecule has 0 fully saturated rings. The van der Waals surface area contributed by atoms with E-state index >= 15 is 0 Å². The fourth-order valence-corrected chi connectivity index (χ4v) is 4.45. The van der Waals surface area contributed by atoms with E-state index < -0.39 is 0 Å². The summed E-state index contributed by atoms with van der Waals surface area (Å²) < 4.78 is 23.0. The molecule has 18 heteroatoms. The van der Waals surface area contributed by atoms with Crippen LogP contribution in [0.5, 0.6) is 0 Å². The standard InChI is InChI=1S/C31H53N11O7/c1-3-4-8-36-30-39-28(32)27-29(40-30)42(31(44)38-27)23-24-5-6-25(37-22-24)34-9-11-41(2)12-10-35-26(43)7-13-45-14-15-46-16-17-47-18-19-48-20-21-49-33/h5-6,22H,3-4,7-21,23,33H2,1-2H3,(H,34,37)(H,35,43)(H,38,44)(H3,32,36,39,40). The van der Waals surface area contributed by atoms with Crippen molar-refractivity contribution < 1.29 is 28.6 Å². The van der Waals surface area contributed by atoms with Gasteiger partial charge in [-0.25, -0.2) is 15.7 Å². The van der Waals surface area contributed by atoms with Gasteiger partial charge >= 0.3 is 5.69 Å². The number of nitrogens with one attached hydrogen (secondary N) is 4. The lowest BCUT2D eigenvalue weighted by molar-refractivity contribution is -0.122. The molecule has 0 saturated carbocycles. The number of fused-ring (bicyclic) bond motifs is 1. The molecule has 18 nitrogen and oxygen atoms in total. The van der Waals surface area contributed by atoms with Gasteiger partial charge in [0.05, 0.1) is 66.0 Å². The Bertz CT molecular complexity index is 1410. The van der Waals surface area contributed by atoms with Crippen LogP contribution in [0.2, 0.25) is 0 Å². The SMILES string of the molecule is CCCCNc1nc(N)c2[nH]c(=O)n(Cc3ccc(NCCN(C)CCNC(=O)CCOCCOCCOCCOCCON)nc3)c2n1. The maximum absolute atomic E-state index is 12.7. The third-order valence-corrected chi connectivity index (χ3v) is 7.18. The Morgan fingerprint density at radius 3 is 2.24 bits per heavy atom. The molecule has 8 N–H and O–H groups in total. The van der Waals surface area contributed by atoms with E-state index in [-0.39, 0.29) is 24.0 Å². The molecule has 0 atom stereocenters. The molecular weight excluding hydrogens is 638 g/mol. The number of hydrogen-bond donors (Lipinski definition) is 6. The number of carbonyl (C=O) groups is 1. The summed E-state index contributed by atoms with van der Waals surface area (Å²) in [6.45, 7) is 9.63. The van der Waals surface area contributed by atoms with Crippen molar-refractivity contribution in [2.24, 2.45) is 5.90 Å². The van der Waals surface area contributed by atoms with Gasteiger partial charge in [-0.1, -0.05) is 19.4 Å². The third kappa shape index (κ3) is 15.5. The molecule has 1 amide bonds. The van der Waals surface area contributed by atoms with E-state index in [4.69, 9.17) is 30.6 Å². The van der Waals surface area contributed by atoms with Crippen molar-refractivity contribution >= 4 is 34.7 Å². The average Bonchev–Trinajstić information content (AvgIpc) is 3.40. The average molecular weight is 692 g/mol. The first-order valence-corrected chi connectivity index (χ1v) is 16.7. The Kier molecular flexibility index (Phi) is 18.9. The van der Waals surface area contributed by atoms with Crippen LogP contribution in [0.3, 0.4) is 0 Å². The molecule has 0 bridgehead atoms. The zero-order valence-corrected chi connectivity index (χ0v) is 28.7.